The highest BCUT2D eigenvalue weighted by Gasteiger charge is 2.86. The molecule has 2 spiro atoms. The molecule has 10 unspecified atom stereocenters. The number of hydrogen-bond acceptors (Lipinski definition) is 10. The lowest BCUT2D eigenvalue weighted by Gasteiger charge is -2.58. The first-order chi connectivity index (χ1) is 17.6. The second-order valence-corrected chi connectivity index (χ2v) is 12.1. The molecule has 37 heavy (non-hydrogen) atoms. The van der Waals surface area contributed by atoms with Crippen LogP contribution in [0.15, 0.2) is 24.3 Å². The zero-order valence-corrected chi connectivity index (χ0v) is 21.2. The van der Waals surface area contributed by atoms with Gasteiger partial charge >= 0.3 is 17.9 Å². The number of carbonyl (C=O) groups excluding carboxylic acids is 3. The molecule has 4 saturated heterocycles. The third kappa shape index (κ3) is 3.16. The van der Waals surface area contributed by atoms with E-state index in [4.69, 9.17) is 33.2 Å². The van der Waals surface area contributed by atoms with Crippen LogP contribution in [0.25, 0.3) is 0 Å². The van der Waals surface area contributed by atoms with Gasteiger partial charge in [0.25, 0.3) is 0 Å². The molecule has 2 saturated carbocycles. The summed E-state index contributed by atoms with van der Waals surface area (Å²) in [5.74, 6) is -1.54. The summed E-state index contributed by atoms with van der Waals surface area (Å²) in [6, 6.07) is 0. The van der Waals surface area contributed by atoms with E-state index in [1.165, 1.54) is 24.3 Å². The van der Waals surface area contributed by atoms with Crippen LogP contribution in [0.5, 0.6) is 0 Å². The van der Waals surface area contributed by atoms with Crippen molar-refractivity contribution in [3.05, 3.63) is 24.3 Å². The molecule has 0 amide bonds. The predicted molar refractivity (Wildman–Crippen MR) is 123 cm³/mol. The number of epoxide rings is 3. The van der Waals surface area contributed by atoms with Crippen molar-refractivity contribution in [3.63, 3.8) is 0 Å². The molecule has 10 atom stereocenters. The first kappa shape index (κ1) is 23.8. The number of esters is 3. The van der Waals surface area contributed by atoms with Gasteiger partial charge in [0, 0.05) is 30.4 Å². The van der Waals surface area contributed by atoms with Gasteiger partial charge in [0.15, 0.2) is 6.10 Å². The molecule has 0 aromatic rings. The molecule has 0 aromatic carbocycles. The van der Waals surface area contributed by atoms with Crippen molar-refractivity contribution in [2.75, 3.05) is 19.8 Å². The number of rotatable bonds is 0. The van der Waals surface area contributed by atoms with E-state index in [0.29, 0.717) is 25.9 Å². The third-order valence-electron chi connectivity index (χ3n) is 10.3. The van der Waals surface area contributed by atoms with Crippen LogP contribution in [0.4, 0.5) is 0 Å². The molecule has 0 radical (unpaired) electrons. The van der Waals surface area contributed by atoms with Crippen LogP contribution < -0.4 is 0 Å². The lowest BCUT2D eigenvalue weighted by Crippen LogP contribution is -2.69. The molecule has 5 aliphatic heterocycles. The second-order valence-electron chi connectivity index (χ2n) is 12.1. The van der Waals surface area contributed by atoms with E-state index in [1.807, 2.05) is 6.92 Å². The Bertz CT molecular complexity index is 1130. The molecule has 10 heteroatoms. The first-order valence-corrected chi connectivity index (χ1v) is 13.1. The largest absolute Gasteiger partial charge is 0.463 e. The van der Waals surface area contributed by atoms with Gasteiger partial charge in [0.1, 0.15) is 30.0 Å². The van der Waals surface area contributed by atoms with Gasteiger partial charge in [0.05, 0.1) is 36.4 Å². The summed E-state index contributed by atoms with van der Waals surface area (Å²) in [5, 5.41) is 0. The Hall–Kier alpha value is -2.27. The van der Waals surface area contributed by atoms with E-state index in [2.05, 4.69) is 13.8 Å². The highest BCUT2D eigenvalue weighted by Crippen LogP contribution is 2.75. The molecular formula is C27H32O10. The summed E-state index contributed by atoms with van der Waals surface area (Å²) >= 11 is 0. The normalized spacial score (nSPS) is 55.8. The Morgan fingerprint density at radius 2 is 1.57 bits per heavy atom. The van der Waals surface area contributed by atoms with Gasteiger partial charge in [0.2, 0.25) is 0 Å². The predicted octanol–water partition coefficient (Wildman–Crippen LogP) is 1.54. The first-order valence-electron chi connectivity index (χ1n) is 13.1. The van der Waals surface area contributed by atoms with Crippen molar-refractivity contribution in [2.45, 2.75) is 93.8 Å². The summed E-state index contributed by atoms with van der Waals surface area (Å²) in [6.07, 6.45) is 5.78. The van der Waals surface area contributed by atoms with E-state index >= 15 is 0 Å². The van der Waals surface area contributed by atoms with Crippen LogP contribution >= 0.6 is 0 Å². The Labute approximate surface area is 214 Å². The zero-order chi connectivity index (χ0) is 25.8. The molecule has 0 N–H and O–H groups in total. The van der Waals surface area contributed by atoms with E-state index in [-0.39, 0.29) is 37.1 Å². The van der Waals surface area contributed by atoms with Crippen molar-refractivity contribution >= 4 is 17.9 Å². The second kappa shape index (κ2) is 7.43. The highest BCUT2D eigenvalue weighted by atomic mass is 16.7. The van der Waals surface area contributed by atoms with Crippen molar-refractivity contribution in [1.82, 2.24) is 0 Å². The van der Waals surface area contributed by atoms with Crippen molar-refractivity contribution in [2.24, 2.45) is 10.8 Å². The third-order valence-corrected chi connectivity index (χ3v) is 10.3. The van der Waals surface area contributed by atoms with E-state index in [9.17, 15) is 14.4 Å². The Balaban J connectivity index is 1.26. The van der Waals surface area contributed by atoms with E-state index in [0.717, 1.165) is 6.42 Å². The molecule has 0 aromatic heterocycles. The molecule has 2 bridgehead atoms. The molecule has 10 nitrogen and oxygen atoms in total. The molecular weight excluding hydrogens is 484 g/mol. The Morgan fingerprint density at radius 1 is 0.811 bits per heavy atom. The SMILES string of the molecule is CC12CCOC(=O)/C=C/C=C/C(=O)OC3CC4OC5C6OC6(C)CCC5(COC(=O)C1O2)C3(C)C41CO1. The number of cyclic esters (lactones) is 2. The minimum Gasteiger partial charge on any atom is -0.463 e. The monoisotopic (exact) mass is 516 g/mol. The van der Waals surface area contributed by atoms with Gasteiger partial charge < -0.3 is 33.2 Å². The maximum Gasteiger partial charge on any atom is 0.338 e. The Kier molecular flexibility index (Phi) is 4.78. The average Bonchev–Trinajstić information content (AvgIpc) is 3.76. The minimum absolute atomic E-state index is 0.0817. The van der Waals surface area contributed by atoms with Crippen LogP contribution in [-0.4, -0.2) is 85.1 Å². The summed E-state index contributed by atoms with van der Waals surface area (Å²) in [5.41, 5.74) is -2.95. The van der Waals surface area contributed by atoms with Gasteiger partial charge in [-0.25, -0.2) is 14.4 Å². The number of hydrogen-bond donors (Lipinski definition) is 0. The molecule has 200 valence electrons. The smallest absolute Gasteiger partial charge is 0.338 e. The van der Waals surface area contributed by atoms with Gasteiger partial charge in [-0.1, -0.05) is 19.1 Å². The molecule has 7 rings (SSSR count). The minimum atomic E-state index is -0.751. The van der Waals surface area contributed by atoms with Gasteiger partial charge in [-0.2, -0.15) is 0 Å². The van der Waals surface area contributed by atoms with E-state index < -0.39 is 52.1 Å². The topological polar surface area (TPSA) is 126 Å². The fourth-order valence-corrected chi connectivity index (χ4v) is 7.69. The van der Waals surface area contributed by atoms with Gasteiger partial charge in [-0.15, -0.1) is 0 Å². The van der Waals surface area contributed by atoms with Crippen molar-refractivity contribution in [1.29, 1.82) is 0 Å². The Morgan fingerprint density at radius 3 is 2.32 bits per heavy atom. The average molecular weight is 517 g/mol. The van der Waals surface area contributed by atoms with Crippen LogP contribution in [-0.2, 0) is 47.5 Å². The summed E-state index contributed by atoms with van der Waals surface area (Å²) in [4.78, 5) is 38.0. The maximum atomic E-state index is 13.2. The van der Waals surface area contributed by atoms with Crippen molar-refractivity contribution in [3.8, 4) is 0 Å². The molecule has 7 aliphatic rings. The quantitative estimate of drug-likeness (QED) is 0.266. The lowest BCUT2D eigenvalue weighted by atomic mass is 9.50. The van der Waals surface area contributed by atoms with Crippen molar-refractivity contribution < 1.29 is 47.5 Å². The number of fused-ring (bicyclic) bond motifs is 3. The highest BCUT2D eigenvalue weighted by molar-refractivity contribution is 5.84. The van der Waals surface area contributed by atoms with Crippen LogP contribution in [0, 0.1) is 10.8 Å². The fourth-order valence-electron chi connectivity index (χ4n) is 7.69. The molecule has 6 fully saturated rings. The molecule has 2 aliphatic carbocycles. The standard InChI is InChI=1S/C27H32O10/c1-23-8-9-26-13-32-22(30)21-24(2,37-21)10-11-31-17(28)6-4-5-7-18(29)34-15-12-16(35-20(26)19(23)36-23)27(14-33-27)25(15,26)3/h4-7,15-16,19-21H,8-14H2,1-3H3/b6-4+,7-5+. The fraction of sp³-hybridized carbons (Fsp3) is 0.741. The van der Waals surface area contributed by atoms with Crippen LogP contribution in [0.1, 0.15) is 46.5 Å². The van der Waals surface area contributed by atoms with Gasteiger partial charge in [-0.05, 0) is 26.7 Å². The summed E-state index contributed by atoms with van der Waals surface area (Å²) < 4.78 is 42.0. The van der Waals surface area contributed by atoms with Gasteiger partial charge in [-0.3, -0.25) is 0 Å². The maximum absolute atomic E-state index is 13.2. The van der Waals surface area contributed by atoms with Crippen LogP contribution in [0.2, 0.25) is 0 Å². The number of carbonyl (C=O) groups is 3. The number of allylic oxidation sites excluding steroid dienone is 2. The zero-order valence-electron chi connectivity index (χ0n) is 21.2. The lowest BCUT2D eigenvalue weighted by molar-refractivity contribution is -0.251. The summed E-state index contributed by atoms with van der Waals surface area (Å²) in [6.45, 7) is 6.67. The molecule has 5 heterocycles. The number of ether oxygens (including phenoxy) is 7. The summed E-state index contributed by atoms with van der Waals surface area (Å²) in [7, 11) is 0. The van der Waals surface area contributed by atoms with E-state index in [1.54, 1.807) is 0 Å². The van der Waals surface area contributed by atoms with Crippen LogP contribution in [0.3, 0.4) is 0 Å².